The summed E-state index contributed by atoms with van der Waals surface area (Å²) in [5.74, 6) is 1.97. The standard InChI is InChI=1S/C19H33N5O/c1-15-8-10-23(13-17(15)24-11-9-21-14-24)19(20-2)22-12-18(25)16-6-4-3-5-7-16/h9,11,14-18,25H,3-8,10,12-13H2,1-2H3,(H,20,22). The fraction of sp³-hybridized carbons (Fsp3) is 0.789. The van der Waals surface area contributed by atoms with Gasteiger partial charge in [-0.1, -0.05) is 26.2 Å². The predicted octanol–water partition coefficient (Wildman–Crippen LogP) is 2.28. The van der Waals surface area contributed by atoms with Gasteiger partial charge in [-0.2, -0.15) is 0 Å². The fourth-order valence-corrected chi connectivity index (χ4v) is 4.31. The van der Waals surface area contributed by atoms with Gasteiger partial charge in [-0.25, -0.2) is 4.98 Å². The number of imidazole rings is 1. The molecule has 1 aliphatic carbocycles. The summed E-state index contributed by atoms with van der Waals surface area (Å²) in [5.41, 5.74) is 0. The molecule has 1 saturated carbocycles. The van der Waals surface area contributed by atoms with Crippen LogP contribution in [0.2, 0.25) is 0 Å². The number of likely N-dealkylation sites (tertiary alicyclic amines) is 1. The third kappa shape index (κ3) is 4.54. The molecular formula is C19H33N5O. The highest BCUT2D eigenvalue weighted by molar-refractivity contribution is 5.80. The summed E-state index contributed by atoms with van der Waals surface area (Å²) in [5, 5.41) is 13.9. The zero-order valence-corrected chi connectivity index (χ0v) is 15.6. The van der Waals surface area contributed by atoms with Crippen LogP contribution in [0, 0.1) is 11.8 Å². The molecule has 2 fully saturated rings. The van der Waals surface area contributed by atoms with Crippen LogP contribution in [0.25, 0.3) is 0 Å². The molecule has 6 nitrogen and oxygen atoms in total. The summed E-state index contributed by atoms with van der Waals surface area (Å²) >= 11 is 0. The second-order valence-electron chi connectivity index (χ2n) is 7.68. The second kappa shape index (κ2) is 8.70. The summed E-state index contributed by atoms with van der Waals surface area (Å²) in [4.78, 5) is 11.0. The lowest BCUT2D eigenvalue weighted by Crippen LogP contribution is -2.50. The van der Waals surface area contributed by atoms with Crippen LogP contribution in [0.4, 0.5) is 0 Å². The molecule has 1 aromatic rings. The highest BCUT2D eigenvalue weighted by Gasteiger charge is 2.29. The molecule has 1 saturated heterocycles. The number of rotatable bonds is 4. The third-order valence-corrected chi connectivity index (χ3v) is 6.00. The van der Waals surface area contributed by atoms with E-state index in [0.29, 0.717) is 24.4 Å². The van der Waals surface area contributed by atoms with Crippen molar-refractivity contribution in [2.24, 2.45) is 16.8 Å². The molecule has 0 spiro atoms. The first-order valence-corrected chi connectivity index (χ1v) is 9.80. The van der Waals surface area contributed by atoms with Gasteiger partial charge >= 0.3 is 0 Å². The fourth-order valence-electron chi connectivity index (χ4n) is 4.31. The average Bonchev–Trinajstić information content (AvgIpc) is 3.18. The Bertz CT molecular complexity index is 538. The van der Waals surface area contributed by atoms with Crippen LogP contribution in [0.1, 0.15) is 51.5 Å². The van der Waals surface area contributed by atoms with Crippen molar-refractivity contribution < 1.29 is 5.11 Å². The van der Waals surface area contributed by atoms with Crippen molar-refractivity contribution in [3.8, 4) is 0 Å². The molecule has 1 aromatic heterocycles. The van der Waals surface area contributed by atoms with Gasteiger partial charge in [0.1, 0.15) is 0 Å². The summed E-state index contributed by atoms with van der Waals surface area (Å²) in [6.45, 7) is 4.84. The Balaban J connectivity index is 1.55. The van der Waals surface area contributed by atoms with Crippen LogP contribution >= 0.6 is 0 Å². The smallest absolute Gasteiger partial charge is 0.193 e. The Morgan fingerprint density at radius 3 is 2.80 bits per heavy atom. The molecule has 2 aliphatic rings. The maximum atomic E-state index is 10.5. The third-order valence-electron chi connectivity index (χ3n) is 6.00. The van der Waals surface area contributed by atoms with E-state index >= 15 is 0 Å². The van der Waals surface area contributed by atoms with Crippen molar-refractivity contribution in [2.45, 2.75) is 57.6 Å². The van der Waals surface area contributed by atoms with Gasteiger partial charge in [-0.3, -0.25) is 4.99 Å². The van der Waals surface area contributed by atoms with Crippen LogP contribution in [0.3, 0.4) is 0 Å². The lowest BCUT2D eigenvalue weighted by molar-refractivity contribution is 0.0867. The van der Waals surface area contributed by atoms with Crippen LogP contribution in [-0.4, -0.2) is 58.3 Å². The Labute approximate surface area is 151 Å². The lowest BCUT2D eigenvalue weighted by atomic mass is 9.85. The number of guanidine groups is 1. The predicted molar refractivity (Wildman–Crippen MR) is 101 cm³/mol. The first-order valence-electron chi connectivity index (χ1n) is 9.80. The Morgan fingerprint density at radius 2 is 2.12 bits per heavy atom. The van der Waals surface area contributed by atoms with Crippen molar-refractivity contribution in [2.75, 3.05) is 26.7 Å². The lowest BCUT2D eigenvalue weighted by Gasteiger charge is -2.39. The van der Waals surface area contributed by atoms with Gasteiger partial charge in [-0.05, 0) is 31.1 Å². The largest absolute Gasteiger partial charge is 0.391 e. The minimum absolute atomic E-state index is 0.273. The molecular weight excluding hydrogens is 314 g/mol. The van der Waals surface area contributed by atoms with Crippen molar-refractivity contribution in [1.82, 2.24) is 19.8 Å². The molecule has 6 heteroatoms. The van der Waals surface area contributed by atoms with Crippen molar-refractivity contribution >= 4 is 5.96 Å². The van der Waals surface area contributed by atoms with Gasteiger partial charge in [0.05, 0.1) is 18.5 Å². The summed E-state index contributed by atoms with van der Waals surface area (Å²) in [6.07, 6.45) is 12.8. The van der Waals surface area contributed by atoms with Gasteiger partial charge in [0.2, 0.25) is 0 Å². The van der Waals surface area contributed by atoms with E-state index in [2.05, 4.69) is 31.7 Å². The van der Waals surface area contributed by atoms with E-state index in [-0.39, 0.29) is 6.10 Å². The molecule has 3 rings (SSSR count). The number of nitrogens with one attached hydrogen (secondary N) is 1. The van der Waals surface area contributed by atoms with Gasteiger partial charge in [0.15, 0.2) is 5.96 Å². The number of aromatic nitrogens is 2. The zero-order valence-electron chi connectivity index (χ0n) is 15.6. The van der Waals surface area contributed by atoms with E-state index in [9.17, 15) is 5.11 Å². The molecule has 2 N–H and O–H groups in total. The molecule has 1 aliphatic heterocycles. The summed E-state index contributed by atoms with van der Waals surface area (Å²) in [7, 11) is 1.83. The minimum atomic E-state index is -0.273. The number of hydrogen-bond acceptors (Lipinski definition) is 3. The first kappa shape index (κ1) is 18.2. The van der Waals surface area contributed by atoms with Gasteiger partial charge in [0, 0.05) is 39.1 Å². The minimum Gasteiger partial charge on any atom is -0.391 e. The zero-order chi connectivity index (χ0) is 17.6. The second-order valence-corrected chi connectivity index (χ2v) is 7.68. The molecule has 2 heterocycles. The number of aliphatic hydroxyl groups is 1. The number of nitrogens with zero attached hydrogens (tertiary/aromatic N) is 4. The molecule has 3 unspecified atom stereocenters. The van der Waals surface area contributed by atoms with Crippen LogP contribution < -0.4 is 5.32 Å². The number of piperidine rings is 1. The van der Waals surface area contributed by atoms with E-state index in [0.717, 1.165) is 38.3 Å². The molecule has 3 atom stereocenters. The Kier molecular flexibility index (Phi) is 6.34. The van der Waals surface area contributed by atoms with E-state index in [1.165, 1.54) is 19.3 Å². The number of aliphatic imine (C=N–C) groups is 1. The van der Waals surface area contributed by atoms with Crippen molar-refractivity contribution in [3.05, 3.63) is 18.7 Å². The van der Waals surface area contributed by atoms with Gasteiger partial charge in [-0.15, -0.1) is 0 Å². The quantitative estimate of drug-likeness (QED) is 0.648. The van der Waals surface area contributed by atoms with Crippen molar-refractivity contribution in [3.63, 3.8) is 0 Å². The molecule has 0 amide bonds. The molecule has 25 heavy (non-hydrogen) atoms. The van der Waals surface area contributed by atoms with Gasteiger partial charge in [0.25, 0.3) is 0 Å². The highest BCUT2D eigenvalue weighted by atomic mass is 16.3. The van der Waals surface area contributed by atoms with Crippen LogP contribution in [0.5, 0.6) is 0 Å². The van der Waals surface area contributed by atoms with E-state index in [1.54, 1.807) is 0 Å². The molecule has 0 radical (unpaired) electrons. The topological polar surface area (TPSA) is 65.7 Å². The SMILES string of the molecule is CN=C(NCC(O)C1CCCCC1)N1CCC(C)C(n2ccnc2)C1. The van der Waals surface area contributed by atoms with Gasteiger partial charge < -0.3 is 19.9 Å². The Hall–Kier alpha value is -1.56. The van der Waals surface area contributed by atoms with Crippen molar-refractivity contribution in [1.29, 1.82) is 0 Å². The summed E-state index contributed by atoms with van der Waals surface area (Å²) in [6, 6.07) is 0.415. The van der Waals surface area contributed by atoms with E-state index in [1.807, 2.05) is 25.8 Å². The van der Waals surface area contributed by atoms with Crippen LogP contribution in [-0.2, 0) is 0 Å². The van der Waals surface area contributed by atoms with E-state index < -0.39 is 0 Å². The maximum Gasteiger partial charge on any atom is 0.193 e. The maximum absolute atomic E-state index is 10.5. The highest BCUT2D eigenvalue weighted by Crippen LogP contribution is 2.28. The number of aliphatic hydroxyl groups excluding tert-OH is 1. The van der Waals surface area contributed by atoms with Crippen LogP contribution in [0.15, 0.2) is 23.7 Å². The monoisotopic (exact) mass is 347 g/mol. The number of hydrogen-bond donors (Lipinski definition) is 2. The normalized spacial score (nSPS) is 27.3. The molecule has 0 bridgehead atoms. The summed E-state index contributed by atoms with van der Waals surface area (Å²) < 4.78 is 2.21. The average molecular weight is 348 g/mol. The Morgan fingerprint density at radius 1 is 1.32 bits per heavy atom. The van der Waals surface area contributed by atoms with E-state index in [4.69, 9.17) is 0 Å². The molecule has 140 valence electrons. The molecule has 0 aromatic carbocycles. The first-order chi connectivity index (χ1) is 12.2.